The zero-order chi connectivity index (χ0) is 7.44. The number of nitrogens with two attached hydrogens (primary N) is 1. The maximum Gasteiger partial charge on any atom is 0.243 e. The Morgan fingerprint density at radius 1 is 1.33 bits per heavy atom. The first-order chi connectivity index (χ1) is 4.09. The van der Waals surface area contributed by atoms with E-state index in [1.165, 1.54) is 13.8 Å². The summed E-state index contributed by atoms with van der Waals surface area (Å²) in [6.07, 6.45) is 0. The van der Waals surface area contributed by atoms with Crippen LogP contribution < -0.4 is 5.84 Å². The van der Waals surface area contributed by atoms with E-state index in [-0.39, 0.29) is 5.71 Å². The Labute approximate surface area is 52.7 Å². The third kappa shape index (κ3) is 2.03. The summed E-state index contributed by atoms with van der Waals surface area (Å²) in [6.45, 7) is 2.57. The highest BCUT2D eigenvalue weighted by molar-refractivity contribution is 6.64. The van der Waals surface area contributed by atoms with Gasteiger partial charge < -0.3 is 5.84 Å². The van der Waals surface area contributed by atoms with E-state index < -0.39 is 11.6 Å². The third-order valence-corrected chi connectivity index (χ3v) is 0.842. The van der Waals surface area contributed by atoms with Crippen LogP contribution in [0.15, 0.2) is 5.10 Å². The van der Waals surface area contributed by atoms with Crippen molar-refractivity contribution in [3.63, 3.8) is 0 Å². The summed E-state index contributed by atoms with van der Waals surface area (Å²) in [5.74, 6) is 3.56. The molecule has 0 saturated heterocycles. The minimum atomic E-state index is -0.627. The molecule has 0 aromatic heterocycles. The lowest BCUT2D eigenvalue weighted by molar-refractivity contribution is -0.131. The van der Waals surface area contributed by atoms with Gasteiger partial charge in [0.1, 0.15) is 5.71 Å². The van der Waals surface area contributed by atoms with Crippen LogP contribution in [-0.2, 0) is 9.59 Å². The number of carbonyl (C=O) groups is 2. The van der Waals surface area contributed by atoms with Crippen LogP contribution in [0.1, 0.15) is 13.8 Å². The van der Waals surface area contributed by atoms with E-state index in [1.807, 2.05) is 0 Å². The van der Waals surface area contributed by atoms with Crippen molar-refractivity contribution >= 4 is 17.3 Å². The largest absolute Gasteiger partial charge is 0.323 e. The quantitative estimate of drug-likeness (QED) is 0.235. The van der Waals surface area contributed by atoms with Crippen molar-refractivity contribution in [3.8, 4) is 0 Å². The van der Waals surface area contributed by atoms with Crippen LogP contribution >= 0.6 is 0 Å². The summed E-state index contributed by atoms with van der Waals surface area (Å²) in [5.41, 5.74) is 0.0440. The van der Waals surface area contributed by atoms with Crippen molar-refractivity contribution in [3.05, 3.63) is 0 Å². The van der Waals surface area contributed by atoms with Crippen LogP contribution in [0.25, 0.3) is 0 Å². The Bertz CT molecular complexity index is 172. The number of hydrogen-bond donors (Lipinski definition) is 1. The van der Waals surface area contributed by atoms with Crippen molar-refractivity contribution < 1.29 is 9.59 Å². The molecule has 0 atom stereocenters. The molecule has 2 N–H and O–H groups in total. The SMILES string of the molecule is CC(=O)C(=O)C(C)=NN. The Hall–Kier alpha value is -1.19. The molecule has 0 aromatic carbocycles. The zero-order valence-corrected chi connectivity index (χ0v) is 5.34. The first-order valence-electron chi connectivity index (χ1n) is 2.39. The molecule has 4 heteroatoms. The van der Waals surface area contributed by atoms with Crippen LogP contribution in [0.3, 0.4) is 0 Å². The minimum absolute atomic E-state index is 0.0440. The van der Waals surface area contributed by atoms with Gasteiger partial charge in [-0.1, -0.05) is 0 Å². The van der Waals surface area contributed by atoms with E-state index in [2.05, 4.69) is 5.10 Å². The molecule has 9 heavy (non-hydrogen) atoms. The zero-order valence-electron chi connectivity index (χ0n) is 5.34. The van der Waals surface area contributed by atoms with Gasteiger partial charge in [-0.05, 0) is 6.92 Å². The van der Waals surface area contributed by atoms with Gasteiger partial charge in [0.05, 0.1) is 0 Å². The Balaban J connectivity index is 4.23. The van der Waals surface area contributed by atoms with Gasteiger partial charge in [-0.25, -0.2) is 0 Å². The van der Waals surface area contributed by atoms with Crippen molar-refractivity contribution in [2.24, 2.45) is 10.9 Å². The molecule has 0 unspecified atom stereocenters. The van der Waals surface area contributed by atoms with Crippen molar-refractivity contribution in [1.82, 2.24) is 0 Å². The van der Waals surface area contributed by atoms with Crippen LogP contribution in [0, 0.1) is 0 Å². The van der Waals surface area contributed by atoms with Crippen LogP contribution in [0.5, 0.6) is 0 Å². The molecule has 0 fully saturated rings. The maximum absolute atomic E-state index is 10.5. The molecule has 0 aliphatic heterocycles. The number of carbonyl (C=O) groups excluding carboxylic acids is 2. The molecule has 0 radical (unpaired) electrons. The summed E-state index contributed by atoms with van der Waals surface area (Å²) < 4.78 is 0. The van der Waals surface area contributed by atoms with Gasteiger partial charge in [0.15, 0.2) is 0 Å². The molecule has 0 rings (SSSR count). The second-order valence-corrected chi connectivity index (χ2v) is 1.60. The fourth-order valence-corrected chi connectivity index (χ4v) is 0.313. The molecule has 0 spiro atoms. The second-order valence-electron chi connectivity index (χ2n) is 1.60. The predicted molar refractivity (Wildman–Crippen MR) is 33.0 cm³/mol. The number of rotatable bonds is 2. The summed E-state index contributed by atoms with van der Waals surface area (Å²) in [4.78, 5) is 20.8. The van der Waals surface area contributed by atoms with Gasteiger partial charge in [-0.15, -0.1) is 0 Å². The molecule has 0 aromatic rings. The average Bonchev–Trinajstić information content (AvgIpc) is 1.84. The average molecular weight is 128 g/mol. The van der Waals surface area contributed by atoms with E-state index in [4.69, 9.17) is 5.84 Å². The Morgan fingerprint density at radius 2 is 1.78 bits per heavy atom. The Kier molecular flexibility index (Phi) is 2.57. The first-order valence-corrected chi connectivity index (χ1v) is 2.39. The van der Waals surface area contributed by atoms with Gasteiger partial charge >= 0.3 is 0 Å². The number of Topliss-reactive ketones (excluding diaryl/α,β-unsaturated/α-hetero) is 2. The lowest BCUT2D eigenvalue weighted by Crippen LogP contribution is -2.19. The summed E-state index contributed by atoms with van der Waals surface area (Å²) in [5, 5.41) is 3.06. The minimum Gasteiger partial charge on any atom is -0.323 e. The molecule has 0 amide bonds. The second kappa shape index (κ2) is 2.96. The summed E-state index contributed by atoms with van der Waals surface area (Å²) >= 11 is 0. The smallest absolute Gasteiger partial charge is 0.243 e. The van der Waals surface area contributed by atoms with Gasteiger partial charge in [0.25, 0.3) is 0 Å². The van der Waals surface area contributed by atoms with Crippen molar-refractivity contribution in [2.75, 3.05) is 0 Å². The highest BCUT2D eigenvalue weighted by Crippen LogP contribution is 1.78. The van der Waals surface area contributed by atoms with Gasteiger partial charge in [-0.2, -0.15) is 5.10 Å². The van der Waals surface area contributed by atoms with Crippen LogP contribution in [0.2, 0.25) is 0 Å². The molecular weight excluding hydrogens is 120 g/mol. The van der Waals surface area contributed by atoms with Crippen molar-refractivity contribution in [2.45, 2.75) is 13.8 Å². The lowest BCUT2D eigenvalue weighted by Gasteiger charge is -1.88. The monoisotopic (exact) mass is 128 g/mol. The summed E-state index contributed by atoms with van der Waals surface area (Å²) in [7, 11) is 0. The molecule has 0 bridgehead atoms. The standard InChI is InChI=1S/C5H8N2O2/c1-3(7-6)5(9)4(2)8/h6H2,1-2H3. The molecule has 0 heterocycles. The van der Waals surface area contributed by atoms with Gasteiger partial charge in [-0.3, -0.25) is 9.59 Å². The first kappa shape index (κ1) is 7.81. The predicted octanol–water partition coefficient (Wildman–Crippen LogP) is -0.521. The topological polar surface area (TPSA) is 72.5 Å². The lowest BCUT2D eigenvalue weighted by atomic mass is 10.2. The maximum atomic E-state index is 10.5. The number of hydrazone groups is 1. The molecular formula is C5H8N2O2. The molecule has 50 valence electrons. The fourth-order valence-electron chi connectivity index (χ4n) is 0.313. The van der Waals surface area contributed by atoms with E-state index in [9.17, 15) is 9.59 Å². The number of hydrogen-bond acceptors (Lipinski definition) is 4. The highest BCUT2D eigenvalue weighted by Gasteiger charge is 2.10. The normalized spacial score (nSPS) is 11.1. The molecule has 0 aliphatic rings. The molecule has 0 aliphatic carbocycles. The number of ketones is 2. The third-order valence-electron chi connectivity index (χ3n) is 0.842. The fraction of sp³-hybridized carbons (Fsp3) is 0.400. The highest BCUT2D eigenvalue weighted by atomic mass is 16.2. The van der Waals surface area contributed by atoms with E-state index in [0.717, 1.165) is 0 Å². The van der Waals surface area contributed by atoms with Crippen molar-refractivity contribution in [1.29, 1.82) is 0 Å². The van der Waals surface area contributed by atoms with E-state index in [1.54, 1.807) is 0 Å². The van der Waals surface area contributed by atoms with Gasteiger partial charge in [0, 0.05) is 6.92 Å². The molecule has 0 saturated carbocycles. The molecule has 4 nitrogen and oxygen atoms in total. The Morgan fingerprint density at radius 3 is 1.89 bits per heavy atom. The van der Waals surface area contributed by atoms with E-state index in [0.29, 0.717) is 0 Å². The van der Waals surface area contributed by atoms with Crippen LogP contribution in [-0.4, -0.2) is 17.3 Å². The van der Waals surface area contributed by atoms with E-state index >= 15 is 0 Å². The summed E-state index contributed by atoms with van der Waals surface area (Å²) in [6, 6.07) is 0. The number of nitrogens with zero attached hydrogens (tertiary/aromatic N) is 1. The van der Waals surface area contributed by atoms with Gasteiger partial charge in [0.2, 0.25) is 11.6 Å². The van der Waals surface area contributed by atoms with Crippen LogP contribution in [0.4, 0.5) is 0 Å².